The van der Waals surface area contributed by atoms with Crippen LogP contribution in [0.1, 0.15) is 35.9 Å². The van der Waals surface area contributed by atoms with E-state index >= 15 is 0 Å². The maximum absolute atomic E-state index is 9.68. The molecule has 0 bridgehead atoms. The predicted octanol–water partition coefficient (Wildman–Crippen LogP) is 0.655. The number of aliphatic hydroxyl groups is 1. The summed E-state index contributed by atoms with van der Waals surface area (Å²) in [6.07, 6.45) is 3.41. The summed E-state index contributed by atoms with van der Waals surface area (Å²) in [6.45, 7) is 7.15. The third-order valence-electron chi connectivity index (χ3n) is 5.04. The average Bonchev–Trinajstić information content (AvgIpc) is 2.93. The molecule has 7 heteroatoms. The topological polar surface area (TPSA) is 74.9 Å². The quantitative estimate of drug-likeness (QED) is 0.860. The molecule has 2 aliphatic heterocycles. The molecule has 2 N–H and O–H groups in total. The first-order chi connectivity index (χ1) is 11.7. The first-order valence-electron chi connectivity index (χ1n) is 8.78. The Morgan fingerprint density at radius 2 is 2.21 bits per heavy atom. The molecule has 0 aliphatic carbocycles. The van der Waals surface area contributed by atoms with Gasteiger partial charge in [-0.1, -0.05) is 0 Å². The van der Waals surface area contributed by atoms with Crippen molar-refractivity contribution < 1.29 is 9.84 Å². The van der Waals surface area contributed by atoms with E-state index < -0.39 is 0 Å². The lowest BCUT2D eigenvalue weighted by Crippen LogP contribution is -2.35. The number of aromatic nitrogens is 3. The summed E-state index contributed by atoms with van der Waals surface area (Å²) in [5, 5.41) is 17.8. The molecular weight excluding hydrogens is 306 g/mol. The fraction of sp³-hybridized carbons (Fsp3) is 0.647. The van der Waals surface area contributed by atoms with E-state index in [0.717, 1.165) is 69.2 Å². The Labute approximate surface area is 141 Å². The highest BCUT2D eigenvalue weighted by molar-refractivity contribution is 5.50. The van der Waals surface area contributed by atoms with E-state index in [1.54, 1.807) is 0 Å². The number of nitrogens with zero attached hydrogens (tertiary/aromatic N) is 4. The second kappa shape index (κ2) is 6.76. The molecule has 2 fully saturated rings. The van der Waals surface area contributed by atoms with Gasteiger partial charge in [-0.25, -0.2) is 9.50 Å². The molecule has 7 nitrogen and oxygen atoms in total. The van der Waals surface area contributed by atoms with Crippen molar-refractivity contribution in [2.24, 2.45) is 0 Å². The van der Waals surface area contributed by atoms with Gasteiger partial charge in [0.05, 0.1) is 24.1 Å². The number of hydrogen-bond donors (Lipinski definition) is 2. The number of piperidine rings is 1. The molecule has 0 aromatic carbocycles. The fourth-order valence-electron chi connectivity index (χ4n) is 3.60. The Balaban J connectivity index is 1.63. The van der Waals surface area contributed by atoms with E-state index in [2.05, 4.69) is 15.2 Å². The van der Waals surface area contributed by atoms with E-state index in [1.807, 2.05) is 23.7 Å². The largest absolute Gasteiger partial charge is 0.393 e. The van der Waals surface area contributed by atoms with Crippen molar-refractivity contribution in [1.29, 1.82) is 0 Å². The number of nitrogens with one attached hydrogen (secondary N) is 1. The number of ether oxygens (including phenoxy) is 1. The fourth-order valence-corrected chi connectivity index (χ4v) is 3.60. The van der Waals surface area contributed by atoms with Gasteiger partial charge in [0.15, 0.2) is 5.65 Å². The summed E-state index contributed by atoms with van der Waals surface area (Å²) in [5.74, 6) is 0. The lowest BCUT2D eigenvalue weighted by Gasteiger charge is -2.29. The van der Waals surface area contributed by atoms with Crippen molar-refractivity contribution in [3.05, 3.63) is 29.2 Å². The van der Waals surface area contributed by atoms with E-state index in [-0.39, 0.29) is 12.2 Å². The van der Waals surface area contributed by atoms with Crippen LogP contribution in [0.25, 0.3) is 5.65 Å². The number of morpholine rings is 1. The highest BCUT2D eigenvalue weighted by atomic mass is 16.5. The summed E-state index contributed by atoms with van der Waals surface area (Å²) in [5.41, 5.74) is 4.17. The summed E-state index contributed by atoms with van der Waals surface area (Å²) >= 11 is 0. The molecule has 1 unspecified atom stereocenters. The van der Waals surface area contributed by atoms with Crippen molar-refractivity contribution >= 4 is 5.65 Å². The second-order valence-corrected chi connectivity index (χ2v) is 6.74. The van der Waals surface area contributed by atoms with Crippen LogP contribution in [-0.4, -0.2) is 63.5 Å². The van der Waals surface area contributed by atoms with Gasteiger partial charge < -0.3 is 15.2 Å². The van der Waals surface area contributed by atoms with Crippen molar-refractivity contribution in [2.45, 2.75) is 38.5 Å². The standard InChI is InChI=1S/C17H25N5O2/c1-12-14(11-21-7-3-13(23)4-8-21)17-19-5-2-15(22(17)20-12)16-10-18-6-9-24-16/h2,5,13,16,18,23H,3-4,6-11H2,1H3. The number of fused-ring (bicyclic) bond motifs is 1. The maximum atomic E-state index is 9.68. The normalized spacial score (nSPS) is 23.8. The minimum atomic E-state index is -0.146. The second-order valence-electron chi connectivity index (χ2n) is 6.74. The van der Waals surface area contributed by atoms with Crippen LogP contribution in [0, 0.1) is 6.92 Å². The molecule has 0 spiro atoms. The molecule has 0 amide bonds. The van der Waals surface area contributed by atoms with Crippen LogP contribution in [0.2, 0.25) is 0 Å². The van der Waals surface area contributed by atoms with Crippen molar-refractivity contribution in [1.82, 2.24) is 24.8 Å². The number of likely N-dealkylation sites (tertiary alicyclic amines) is 1. The highest BCUT2D eigenvalue weighted by Crippen LogP contribution is 2.24. The van der Waals surface area contributed by atoms with E-state index in [4.69, 9.17) is 9.84 Å². The molecule has 2 aromatic rings. The van der Waals surface area contributed by atoms with Gasteiger partial charge in [0, 0.05) is 44.5 Å². The number of aliphatic hydroxyl groups excluding tert-OH is 1. The highest BCUT2D eigenvalue weighted by Gasteiger charge is 2.23. The molecule has 1 atom stereocenters. The molecule has 0 radical (unpaired) electrons. The summed E-state index contributed by atoms with van der Waals surface area (Å²) in [7, 11) is 0. The minimum Gasteiger partial charge on any atom is -0.393 e. The summed E-state index contributed by atoms with van der Waals surface area (Å²) < 4.78 is 7.84. The third kappa shape index (κ3) is 3.04. The van der Waals surface area contributed by atoms with Gasteiger partial charge in [0.25, 0.3) is 0 Å². The van der Waals surface area contributed by atoms with Gasteiger partial charge >= 0.3 is 0 Å². The van der Waals surface area contributed by atoms with Gasteiger partial charge in [-0.15, -0.1) is 0 Å². The molecule has 2 aliphatic rings. The Morgan fingerprint density at radius 1 is 1.38 bits per heavy atom. The Hall–Kier alpha value is -1.54. The van der Waals surface area contributed by atoms with Gasteiger partial charge in [-0.3, -0.25) is 4.90 Å². The minimum absolute atomic E-state index is 0.0153. The van der Waals surface area contributed by atoms with E-state index in [1.165, 1.54) is 5.56 Å². The van der Waals surface area contributed by atoms with Crippen molar-refractivity contribution in [3.63, 3.8) is 0 Å². The molecule has 4 heterocycles. The Bertz CT molecular complexity index is 702. The monoisotopic (exact) mass is 331 g/mol. The van der Waals surface area contributed by atoms with Crippen LogP contribution in [0.5, 0.6) is 0 Å². The van der Waals surface area contributed by atoms with Crippen LogP contribution in [0.3, 0.4) is 0 Å². The lowest BCUT2D eigenvalue weighted by atomic mass is 10.1. The molecular formula is C17H25N5O2. The zero-order valence-electron chi connectivity index (χ0n) is 14.1. The van der Waals surface area contributed by atoms with Crippen LogP contribution in [0.15, 0.2) is 12.3 Å². The average molecular weight is 331 g/mol. The molecule has 130 valence electrons. The Morgan fingerprint density at radius 3 is 2.96 bits per heavy atom. The predicted molar refractivity (Wildman–Crippen MR) is 89.8 cm³/mol. The van der Waals surface area contributed by atoms with E-state index in [0.29, 0.717) is 0 Å². The van der Waals surface area contributed by atoms with Crippen molar-refractivity contribution in [3.8, 4) is 0 Å². The van der Waals surface area contributed by atoms with Crippen LogP contribution >= 0.6 is 0 Å². The van der Waals surface area contributed by atoms with Gasteiger partial charge in [0.2, 0.25) is 0 Å². The third-order valence-corrected chi connectivity index (χ3v) is 5.04. The van der Waals surface area contributed by atoms with Crippen LogP contribution in [0.4, 0.5) is 0 Å². The SMILES string of the molecule is Cc1nn2c(C3CNCCO3)ccnc2c1CN1CCC(O)CC1. The molecule has 0 saturated carbocycles. The van der Waals surface area contributed by atoms with Crippen molar-refractivity contribution in [2.75, 3.05) is 32.8 Å². The van der Waals surface area contributed by atoms with Gasteiger partial charge in [-0.2, -0.15) is 5.10 Å². The summed E-state index contributed by atoms with van der Waals surface area (Å²) in [6, 6.07) is 2.00. The maximum Gasteiger partial charge on any atom is 0.160 e. The number of rotatable bonds is 3. The van der Waals surface area contributed by atoms with Gasteiger partial charge in [0.1, 0.15) is 6.10 Å². The molecule has 24 heavy (non-hydrogen) atoms. The first kappa shape index (κ1) is 16.0. The lowest BCUT2D eigenvalue weighted by molar-refractivity contribution is 0.0236. The van der Waals surface area contributed by atoms with Crippen LogP contribution < -0.4 is 5.32 Å². The summed E-state index contributed by atoms with van der Waals surface area (Å²) in [4.78, 5) is 6.97. The van der Waals surface area contributed by atoms with Gasteiger partial charge in [-0.05, 0) is 25.8 Å². The smallest absolute Gasteiger partial charge is 0.160 e. The Kier molecular flexibility index (Phi) is 4.49. The number of aryl methyl sites for hydroxylation is 1. The zero-order chi connectivity index (χ0) is 16.5. The molecule has 2 aromatic heterocycles. The first-order valence-corrected chi connectivity index (χ1v) is 8.78. The van der Waals surface area contributed by atoms with E-state index in [9.17, 15) is 5.11 Å². The molecule has 4 rings (SSSR count). The number of hydrogen-bond acceptors (Lipinski definition) is 6. The molecule has 2 saturated heterocycles. The van der Waals surface area contributed by atoms with Crippen LogP contribution in [-0.2, 0) is 11.3 Å². The zero-order valence-corrected chi connectivity index (χ0v) is 14.1.